The molecule has 4 N–H and O–H groups in total. The van der Waals surface area contributed by atoms with Gasteiger partial charge in [-0.2, -0.15) is 18.3 Å². The molecule has 3 heterocycles. The Morgan fingerprint density at radius 1 is 0.914 bits per heavy atom. The molecule has 2 aromatic carbocycles. The summed E-state index contributed by atoms with van der Waals surface area (Å²) in [6.45, 7) is 0. The maximum Gasteiger partial charge on any atom is 0.418 e. The molecule has 5 aromatic rings. The van der Waals surface area contributed by atoms with Crippen molar-refractivity contribution in [2.75, 3.05) is 16.4 Å². The van der Waals surface area contributed by atoms with Crippen LogP contribution >= 0.6 is 0 Å². The summed E-state index contributed by atoms with van der Waals surface area (Å²) in [6.07, 6.45) is 0.495. The van der Waals surface area contributed by atoms with Crippen LogP contribution in [0.5, 0.6) is 0 Å². The highest BCUT2D eigenvalue weighted by Crippen LogP contribution is 2.35. The summed E-state index contributed by atoms with van der Waals surface area (Å²) >= 11 is 0. The third-order valence-corrected chi connectivity index (χ3v) is 4.99. The van der Waals surface area contributed by atoms with E-state index in [0.717, 1.165) is 23.4 Å². The fourth-order valence-corrected chi connectivity index (χ4v) is 3.41. The van der Waals surface area contributed by atoms with Crippen LogP contribution in [0.15, 0.2) is 67.8 Å². The number of nitrogens with zero attached hydrogens (tertiary/aromatic N) is 7. The van der Waals surface area contributed by atoms with Crippen LogP contribution in [0.2, 0.25) is 0 Å². The second kappa shape index (κ2) is 8.40. The van der Waals surface area contributed by atoms with E-state index in [0.29, 0.717) is 22.5 Å². The van der Waals surface area contributed by atoms with E-state index in [9.17, 15) is 18.0 Å². The Labute approximate surface area is 194 Å². The first kappa shape index (κ1) is 21.8. The molecule has 0 aliphatic rings. The van der Waals surface area contributed by atoms with E-state index in [-0.39, 0.29) is 17.2 Å². The summed E-state index contributed by atoms with van der Waals surface area (Å²) in [5.74, 6) is 0.256. The SMILES string of the molecule is Nc1ncnc2c1ncn2-c1ccc(NC(=O)Nc2ccc(-n3cncn3)c(C(F)(F)F)c2)cc1. The number of halogens is 3. The molecule has 0 saturated carbocycles. The summed E-state index contributed by atoms with van der Waals surface area (Å²) in [4.78, 5) is 28.4. The number of benzene rings is 2. The molecule has 0 atom stereocenters. The zero-order chi connectivity index (χ0) is 24.6. The van der Waals surface area contributed by atoms with Crippen LogP contribution in [-0.4, -0.2) is 40.3 Å². The Morgan fingerprint density at radius 3 is 2.37 bits per heavy atom. The van der Waals surface area contributed by atoms with Crippen molar-refractivity contribution in [1.82, 2.24) is 34.3 Å². The van der Waals surface area contributed by atoms with E-state index >= 15 is 0 Å². The van der Waals surface area contributed by atoms with Gasteiger partial charge in [0.05, 0.1) is 11.3 Å². The number of nitrogens with one attached hydrogen (secondary N) is 2. The van der Waals surface area contributed by atoms with Crippen molar-refractivity contribution in [1.29, 1.82) is 0 Å². The number of fused-ring (bicyclic) bond motifs is 1. The Bertz CT molecular complexity index is 1510. The van der Waals surface area contributed by atoms with Crippen molar-refractivity contribution in [2.45, 2.75) is 6.18 Å². The van der Waals surface area contributed by atoms with Gasteiger partial charge >= 0.3 is 12.2 Å². The molecule has 2 amide bonds. The predicted octanol–water partition coefficient (Wildman–Crippen LogP) is 3.64. The fraction of sp³-hybridized carbons (Fsp3) is 0.0476. The lowest BCUT2D eigenvalue weighted by Crippen LogP contribution is -2.20. The highest BCUT2D eigenvalue weighted by molar-refractivity contribution is 6.00. The van der Waals surface area contributed by atoms with E-state index in [1.807, 2.05) is 0 Å². The van der Waals surface area contributed by atoms with Crippen molar-refractivity contribution in [3.63, 3.8) is 0 Å². The molecule has 5 rings (SSSR count). The van der Waals surface area contributed by atoms with Gasteiger partial charge in [-0.15, -0.1) is 0 Å². The zero-order valence-electron chi connectivity index (χ0n) is 17.6. The van der Waals surface area contributed by atoms with Gasteiger partial charge in [0, 0.05) is 17.1 Å². The summed E-state index contributed by atoms with van der Waals surface area (Å²) in [7, 11) is 0. The van der Waals surface area contributed by atoms with Gasteiger partial charge in [0.15, 0.2) is 17.0 Å². The van der Waals surface area contributed by atoms with Gasteiger partial charge < -0.3 is 16.4 Å². The predicted molar refractivity (Wildman–Crippen MR) is 120 cm³/mol. The number of hydrogen-bond donors (Lipinski definition) is 3. The molecule has 0 aliphatic carbocycles. The minimum Gasteiger partial charge on any atom is -0.382 e. The Morgan fingerprint density at radius 2 is 1.66 bits per heavy atom. The minimum absolute atomic E-state index is 0.0440. The summed E-state index contributed by atoms with van der Waals surface area (Å²) in [5, 5.41) is 8.73. The van der Waals surface area contributed by atoms with Crippen molar-refractivity contribution in [3.05, 3.63) is 73.3 Å². The van der Waals surface area contributed by atoms with Crippen molar-refractivity contribution >= 4 is 34.4 Å². The lowest BCUT2D eigenvalue weighted by atomic mass is 10.1. The molecule has 0 fully saturated rings. The number of urea groups is 1. The molecule has 176 valence electrons. The number of anilines is 3. The third kappa shape index (κ3) is 4.31. The number of imidazole rings is 1. The minimum atomic E-state index is -4.67. The van der Waals surface area contributed by atoms with Crippen LogP contribution in [0.1, 0.15) is 5.56 Å². The number of carbonyl (C=O) groups is 1. The molecular formula is C21H15F3N10O. The molecule has 35 heavy (non-hydrogen) atoms. The van der Waals surface area contributed by atoms with Gasteiger partial charge in [0.25, 0.3) is 0 Å². The molecule has 11 nitrogen and oxygen atoms in total. The number of rotatable bonds is 4. The quantitative estimate of drug-likeness (QED) is 0.357. The molecule has 0 radical (unpaired) electrons. The Kier molecular flexibility index (Phi) is 5.24. The average Bonchev–Trinajstić information content (AvgIpc) is 3.50. The van der Waals surface area contributed by atoms with E-state index in [1.165, 1.54) is 18.5 Å². The van der Waals surface area contributed by atoms with Gasteiger partial charge in [-0.1, -0.05) is 0 Å². The highest BCUT2D eigenvalue weighted by atomic mass is 19.4. The second-order valence-electron chi connectivity index (χ2n) is 7.24. The number of nitrogens with two attached hydrogens (primary N) is 1. The van der Waals surface area contributed by atoms with Crippen LogP contribution in [-0.2, 0) is 6.18 Å². The van der Waals surface area contributed by atoms with Gasteiger partial charge in [-0.25, -0.2) is 29.4 Å². The standard InChI is InChI=1S/C21H15F3N10O/c22-21(23,24)15-7-13(3-6-16(15)34-10-26-8-30-34)32-20(35)31-12-1-4-14(5-2-12)33-11-29-17-18(25)27-9-28-19(17)33/h1-11H,(H2,25,27,28)(H2,31,32,35). The van der Waals surface area contributed by atoms with Crippen LogP contribution < -0.4 is 16.4 Å². The molecule has 3 aromatic heterocycles. The highest BCUT2D eigenvalue weighted by Gasteiger charge is 2.34. The van der Waals surface area contributed by atoms with Crippen LogP contribution in [0, 0.1) is 0 Å². The van der Waals surface area contributed by atoms with Crippen LogP contribution in [0.3, 0.4) is 0 Å². The smallest absolute Gasteiger partial charge is 0.382 e. The first-order valence-electron chi connectivity index (χ1n) is 9.98. The number of hydrogen-bond acceptors (Lipinski definition) is 7. The molecule has 0 bridgehead atoms. The van der Waals surface area contributed by atoms with Crippen LogP contribution in [0.25, 0.3) is 22.5 Å². The van der Waals surface area contributed by atoms with Gasteiger partial charge in [-0.05, 0) is 42.5 Å². The van der Waals surface area contributed by atoms with Gasteiger partial charge in [0.2, 0.25) is 0 Å². The number of nitrogen functional groups attached to an aromatic ring is 1. The molecular weight excluding hydrogens is 465 g/mol. The largest absolute Gasteiger partial charge is 0.418 e. The van der Waals surface area contributed by atoms with Crippen molar-refractivity contribution in [3.8, 4) is 11.4 Å². The maximum absolute atomic E-state index is 13.6. The third-order valence-electron chi connectivity index (χ3n) is 4.99. The van der Waals surface area contributed by atoms with Crippen LogP contribution in [0.4, 0.5) is 35.2 Å². The van der Waals surface area contributed by atoms with Gasteiger partial charge in [-0.3, -0.25) is 4.57 Å². The summed E-state index contributed by atoms with van der Waals surface area (Å²) in [5.41, 5.74) is 6.68. The average molecular weight is 480 g/mol. The van der Waals surface area contributed by atoms with Gasteiger partial charge in [0.1, 0.15) is 25.3 Å². The zero-order valence-corrected chi connectivity index (χ0v) is 17.6. The molecule has 0 aliphatic heterocycles. The van der Waals surface area contributed by atoms with Crippen molar-refractivity contribution in [2.24, 2.45) is 0 Å². The Hall–Kier alpha value is -5.01. The first-order valence-corrected chi connectivity index (χ1v) is 9.98. The Balaban J connectivity index is 1.32. The van der Waals surface area contributed by atoms with E-state index in [4.69, 9.17) is 5.73 Å². The number of aromatic nitrogens is 7. The molecule has 14 heteroatoms. The lowest BCUT2D eigenvalue weighted by Gasteiger charge is -2.15. The number of alkyl halides is 3. The van der Waals surface area contributed by atoms with E-state index < -0.39 is 17.8 Å². The number of amides is 2. The van der Waals surface area contributed by atoms with E-state index in [2.05, 4.69) is 35.7 Å². The number of carbonyl (C=O) groups excluding carboxylic acids is 1. The molecule has 0 saturated heterocycles. The molecule has 0 unspecified atom stereocenters. The summed E-state index contributed by atoms with van der Waals surface area (Å²) < 4.78 is 43.4. The second-order valence-corrected chi connectivity index (χ2v) is 7.24. The first-order chi connectivity index (χ1) is 16.8. The topological polar surface area (TPSA) is 141 Å². The van der Waals surface area contributed by atoms with E-state index in [1.54, 1.807) is 35.2 Å². The molecule has 0 spiro atoms. The maximum atomic E-state index is 13.6. The summed E-state index contributed by atoms with van der Waals surface area (Å²) in [6, 6.07) is 9.33. The monoisotopic (exact) mass is 480 g/mol. The lowest BCUT2D eigenvalue weighted by molar-refractivity contribution is -0.137. The normalized spacial score (nSPS) is 11.5. The fourth-order valence-electron chi connectivity index (χ4n) is 3.41. The van der Waals surface area contributed by atoms with Crippen molar-refractivity contribution < 1.29 is 18.0 Å².